The minimum atomic E-state index is 0.0665. The van der Waals surface area contributed by atoms with E-state index >= 15 is 0 Å². The Kier molecular flexibility index (Phi) is 6.12. The Bertz CT molecular complexity index is 825. The average Bonchev–Trinajstić information content (AvgIpc) is 3.10. The van der Waals surface area contributed by atoms with Gasteiger partial charge in [-0.2, -0.15) is 0 Å². The van der Waals surface area contributed by atoms with Gasteiger partial charge < -0.3 is 9.47 Å². The van der Waals surface area contributed by atoms with Crippen LogP contribution >= 0.6 is 11.3 Å². The van der Waals surface area contributed by atoms with E-state index in [4.69, 9.17) is 9.47 Å². The van der Waals surface area contributed by atoms with Crippen LogP contribution in [0.1, 0.15) is 36.3 Å². The van der Waals surface area contributed by atoms with Crippen LogP contribution in [0.3, 0.4) is 0 Å². The van der Waals surface area contributed by atoms with Gasteiger partial charge in [-0.3, -0.25) is 0 Å². The fourth-order valence-electron chi connectivity index (χ4n) is 2.81. The zero-order valence-electron chi connectivity index (χ0n) is 15.7. The van der Waals surface area contributed by atoms with Gasteiger partial charge >= 0.3 is 0 Å². The Hall–Kier alpha value is -2.10. The van der Waals surface area contributed by atoms with Gasteiger partial charge in [0.25, 0.3) is 0 Å². The van der Waals surface area contributed by atoms with Crippen molar-refractivity contribution in [2.75, 3.05) is 6.61 Å². The first kappa shape index (κ1) is 18.7. The molecule has 136 valence electrons. The molecule has 1 atom stereocenters. The molecule has 1 aromatic heterocycles. The summed E-state index contributed by atoms with van der Waals surface area (Å²) < 4.78 is 12.0. The number of ether oxygens (including phenoxy) is 2. The zero-order chi connectivity index (χ0) is 18.4. The number of hydrogen-bond acceptors (Lipinski definition) is 3. The third kappa shape index (κ3) is 4.75. The van der Waals surface area contributed by atoms with Gasteiger partial charge in [-0.15, -0.1) is 11.3 Å². The molecule has 1 heterocycles. The molecule has 3 heteroatoms. The van der Waals surface area contributed by atoms with Crippen molar-refractivity contribution in [3.63, 3.8) is 0 Å². The van der Waals surface area contributed by atoms with Gasteiger partial charge in [0.15, 0.2) is 0 Å². The number of para-hydroxylation sites is 1. The molecule has 2 nitrogen and oxygen atoms in total. The van der Waals surface area contributed by atoms with E-state index in [0.29, 0.717) is 13.2 Å². The molecular formula is C23H26O2S. The van der Waals surface area contributed by atoms with Crippen LogP contribution in [0.15, 0.2) is 66.0 Å². The van der Waals surface area contributed by atoms with Crippen molar-refractivity contribution in [2.24, 2.45) is 0 Å². The third-order valence-corrected chi connectivity index (χ3v) is 6.03. The highest BCUT2D eigenvalue weighted by Gasteiger charge is 2.26. The molecule has 0 fully saturated rings. The van der Waals surface area contributed by atoms with Crippen molar-refractivity contribution in [1.82, 2.24) is 0 Å². The van der Waals surface area contributed by atoms with Gasteiger partial charge in [-0.1, -0.05) is 44.2 Å². The molecule has 1 unspecified atom stereocenters. The quantitative estimate of drug-likeness (QED) is 0.440. The lowest BCUT2D eigenvalue weighted by Gasteiger charge is -2.27. The summed E-state index contributed by atoms with van der Waals surface area (Å²) in [5.74, 6) is 1.68. The van der Waals surface area contributed by atoms with E-state index in [-0.39, 0.29) is 5.41 Å². The second-order valence-corrected chi connectivity index (χ2v) is 7.87. The summed E-state index contributed by atoms with van der Waals surface area (Å²) in [6, 6.07) is 20.2. The largest absolute Gasteiger partial charge is 0.457 e. The molecule has 0 amide bonds. The molecule has 0 aliphatic rings. The topological polar surface area (TPSA) is 18.5 Å². The lowest BCUT2D eigenvalue weighted by atomic mass is 9.86. The van der Waals surface area contributed by atoms with Crippen molar-refractivity contribution in [2.45, 2.75) is 39.2 Å². The van der Waals surface area contributed by atoms with E-state index in [1.54, 1.807) is 0 Å². The Morgan fingerprint density at radius 1 is 0.962 bits per heavy atom. The Labute approximate surface area is 160 Å². The summed E-state index contributed by atoms with van der Waals surface area (Å²) in [6.45, 7) is 7.97. The Balaban J connectivity index is 1.60. The molecule has 0 saturated carbocycles. The minimum Gasteiger partial charge on any atom is -0.457 e. The highest BCUT2D eigenvalue weighted by Crippen LogP contribution is 2.33. The monoisotopic (exact) mass is 366 g/mol. The first-order chi connectivity index (χ1) is 12.6. The van der Waals surface area contributed by atoms with Crippen LogP contribution in [-0.2, 0) is 16.8 Å². The van der Waals surface area contributed by atoms with Gasteiger partial charge in [0, 0.05) is 10.3 Å². The third-order valence-electron chi connectivity index (χ3n) is 4.67. The first-order valence-electron chi connectivity index (χ1n) is 9.04. The van der Waals surface area contributed by atoms with E-state index in [2.05, 4.69) is 38.3 Å². The number of hydrogen-bond donors (Lipinski definition) is 0. The summed E-state index contributed by atoms with van der Waals surface area (Å²) in [7, 11) is 0. The van der Waals surface area contributed by atoms with Gasteiger partial charge in [0.1, 0.15) is 11.5 Å². The van der Waals surface area contributed by atoms with Crippen LogP contribution in [0, 0.1) is 6.92 Å². The van der Waals surface area contributed by atoms with Crippen LogP contribution in [0.25, 0.3) is 0 Å². The maximum absolute atomic E-state index is 6.10. The molecule has 0 aliphatic heterocycles. The van der Waals surface area contributed by atoms with Gasteiger partial charge in [0.05, 0.1) is 13.2 Å². The molecule has 3 aromatic rings. The maximum Gasteiger partial charge on any atom is 0.127 e. The van der Waals surface area contributed by atoms with Crippen molar-refractivity contribution < 1.29 is 9.47 Å². The summed E-state index contributed by atoms with van der Waals surface area (Å²) >= 11 is 1.83. The van der Waals surface area contributed by atoms with Crippen LogP contribution in [0.5, 0.6) is 11.5 Å². The average molecular weight is 367 g/mol. The molecule has 0 N–H and O–H groups in total. The van der Waals surface area contributed by atoms with E-state index < -0.39 is 0 Å². The molecule has 0 bridgehead atoms. The van der Waals surface area contributed by atoms with Crippen LogP contribution in [0.4, 0.5) is 0 Å². The van der Waals surface area contributed by atoms with Crippen LogP contribution < -0.4 is 4.74 Å². The first-order valence-corrected chi connectivity index (χ1v) is 9.92. The predicted molar refractivity (Wildman–Crippen MR) is 109 cm³/mol. The molecular weight excluding hydrogens is 340 g/mol. The number of benzene rings is 2. The molecule has 0 radical (unpaired) electrons. The smallest absolute Gasteiger partial charge is 0.127 e. The van der Waals surface area contributed by atoms with Crippen LogP contribution in [-0.4, -0.2) is 6.61 Å². The molecule has 0 spiro atoms. The highest BCUT2D eigenvalue weighted by atomic mass is 32.1. The minimum absolute atomic E-state index is 0.0665. The fourth-order valence-corrected chi connectivity index (χ4v) is 3.94. The van der Waals surface area contributed by atoms with Crippen LogP contribution in [0.2, 0.25) is 0 Å². The highest BCUT2D eigenvalue weighted by molar-refractivity contribution is 7.10. The van der Waals surface area contributed by atoms with Crippen molar-refractivity contribution in [3.8, 4) is 11.5 Å². The lowest BCUT2D eigenvalue weighted by Crippen LogP contribution is -2.26. The maximum atomic E-state index is 6.10. The van der Waals surface area contributed by atoms with Crippen molar-refractivity contribution >= 4 is 11.3 Å². The normalized spacial score (nSPS) is 13.3. The molecule has 3 rings (SSSR count). The lowest BCUT2D eigenvalue weighted by molar-refractivity contribution is 0.0759. The summed E-state index contributed by atoms with van der Waals surface area (Å²) in [4.78, 5) is 1.40. The zero-order valence-corrected chi connectivity index (χ0v) is 16.5. The second kappa shape index (κ2) is 8.52. The standard InChI is InChI=1S/C23H26O2S/c1-4-23(3,22-13-18(2)16-26-22)17-24-15-19-9-8-12-21(14-19)25-20-10-6-5-7-11-20/h5-14,16H,4,15,17H2,1-3H3. The SMILES string of the molecule is CCC(C)(COCc1cccc(Oc2ccccc2)c1)c1cc(C)cs1. The Morgan fingerprint density at radius 3 is 2.42 bits per heavy atom. The number of thiophene rings is 1. The summed E-state index contributed by atoms with van der Waals surface area (Å²) in [5, 5.41) is 2.22. The van der Waals surface area contributed by atoms with Gasteiger partial charge in [0.2, 0.25) is 0 Å². The molecule has 0 aliphatic carbocycles. The van der Waals surface area contributed by atoms with E-state index in [9.17, 15) is 0 Å². The van der Waals surface area contributed by atoms with Crippen molar-refractivity contribution in [1.29, 1.82) is 0 Å². The fraction of sp³-hybridized carbons (Fsp3) is 0.304. The van der Waals surface area contributed by atoms with E-state index in [1.165, 1.54) is 10.4 Å². The van der Waals surface area contributed by atoms with E-state index in [0.717, 1.165) is 23.5 Å². The molecule has 0 saturated heterocycles. The second-order valence-electron chi connectivity index (χ2n) is 6.96. The predicted octanol–water partition coefficient (Wildman–Crippen LogP) is 6.73. The molecule has 2 aromatic carbocycles. The number of aryl methyl sites for hydroxylation is 1. The summed E-state index contributed by atoms with van der Waals surface area (Å²) in [6.07, 6.45) is 1.06. The summed E-state index contributed by atoms with van der Waals surface area (Å²) in [5.41, 5.74) is 2.52. The van der Waals surface area contributed by atoms with Gasteiger partial charge in [-0.05, 0) is 60.2 Å². The molecule has 26 heavy (non-hydrogen) atoms. The van der Waals surface area contributed by atoms with Crippen molar-refractivity contribution in [3.05, 3.63) is 82.0 Å². The number of rotatable bonds is 8. The van der Waals surface area contributed by atoms with Gasteiger partial charge in [-0.25, -0.2) is 0 Å². The Morgan fingerprint density at radius 2 is 1.73 bits per heavy atom. The van der Waals surface area contributed by atoms with E-state index in [1.807, 2.05) is 59.9 Å².